The standard InChI is InChI=1S/C20H17ClN2/c1-4-5-6-17-13(2)7-12-18-20(17)23-19(14(3)22-18)15-8-10-16(21)11-9-15/h4-12H,1H2,2-3H3/b6-5-. The summed E-state index contributed by atoms with van der Waals surface area (Å²) < 4.78 is 0. The summed E-state index contributed by atoms with van der Waals surface area (Å²) in [7, 11) is 0. The van der Waals surface area contributed by atoms with Crippen molar-refractivity contribution in [1.82, 2.24) is 9.97 Å². The Bertz CT molecular complexity index is 909. The molecule has 0 fully saturated rings. The average Bonchev–Trinajstić information content (AvgIpc) is 2.55. The van der Waals surface area contributed by atoms with Crippen LogP contribution in [0.5, 0.6) is 0 Å². The quantitative estimate of drug-likeness (QED) is 0.573. The summed E-state index contributed by atoms with van der Waals surface area (Å²) in [6.07, 6.45) is 5.71. The molecule has 114 valence electrons. The third-order valence-corrected chi connectivity index (χ3v) is 4.04. The first-order valence-electron chi connectivity index (χ1n) is 7.43. The zero-order valence-electron chi connectivity index (χ0n) is 13.2. The van der Waals surface area contributed by atoms with Gasteiger partial charge in [0.1, 0.15) is 0 Å². The Balaban J connectivity index is 2.28. The van der Waals surface area contributed by atoms with E-state index in [1.165, 1.54) is 0 Å². The molecule has 0 amide bonds. The van der Waals surface area contributed by atoms with E-state index in [9.17, 15) is 0 Å². The van der Waals surface area contributed by atoms with Crippen LogP contribution in [0, 0.1) is 13.8 Å². The summed E-state index contributed by atoms with van der Waals surface area (Å²) in [5, 5.41) is 0.714. The number of hydrogen-bond acceptors (Lipinski definition) is 2. The second-order valence-corrected chi connectivity index (χ2v) is 5.86. The van der Waals surface area contributed by atoms with Gasteiger partial charge in [0.15, 0.2) is 0 Å². The monoisotopic (exact) mass is 320 g/mol. The van der Waals surface area contributed by atoms with E-state index in [0.717, 1.165) is 39.1 Å². The molecule has 2 nitrogen and oxygen atoms in total. The smallest absolute Gasteiger partial charge is 0.0969 e. The molecule has 3 rings (SSSR count). The van der Waals surface area contributed by atoms with Crippen molar-refractivity contribution in [3.8, 4) is 11.3 Å². The molecule has 0 aliphatic rings. The molecule has 23 heavy (non-hydrogen) atoms. The van der Waals surface area contributed by atoms with E-state index >= 15 is 0 Å². The molecule has 0 radical (unpaired) electrons. The normalized spacial score (nSPS) is 11.3. The molecule has 0 saturated heterocycles. The highest BCUT2D eigenvalue weighted by atomic mass is 35.5. The predicted molar refractivity (Wildman–Crippen MR) is 98.7 cm³/mol. The van der Waals surface area contributed by atoms with Crippen molar-refractivity contribution in [2.45, 2.75) is 13.8 Å². The maximum absolute atomic E-state index is 5.98. The van der Waals surface area contributed by atoms with Crippen LogP contribution in [0.2, 0.25) is 5.02 Å². The van der Waals surface area contributed by atoms with Crippen molar-refractivity contribution in [2.24, 2.45) is 0 Å². The number of halogens is 1. The van der Waals surface area contributed by atoms with Gasteiger partial charge in [-0.25, -0.2) is 9.97 Å². The largest absolute Gasteiger partial charge is 0.249 e. The Morgan fingerprint density at radius 3 is 2.43 bits per heavy atom. The lowest BCUT2D eigenvalue weighted by Gasteiger charge is -2.10. The molecule has 0 saturated carbocycles. The maximum atomic E-state index is 5.98. The minimum Gasteiger partial charge on any atom is -0.249 e. The Morgan fingerprint density at radius 1 is 1.00 bits per heavy atom. The lowest BCUT2D eigenvalue weighted by Crippen LogP contribution is -1.97. The van der Waals surface area contributed by atoms with Gasteiger partial charge < -0.3 is 0 Å². The first-order valence-corrected chi connectivity index (χ1v) is 7.81. The molecule has 1 aromatic heterocycles. The number of fused-ring (bicyclic) bond motifs is 1. The van der Waals surface area contributed by atoms with Crippen molar-refractivity contribution >= 4 is 28.7 Å². The van der Waals surface area contributed by atoms with Gasteiger partial charge in [0, 0.05) is 16.1 Å². The second-order valence-electron chi connectivity index (χ2n) is 5.42. The van der Waals surface area contributed by atoms with Gasteiger partial charge in [-0.15, -0.1) is 0 Å². The van der Waals surface area contributed by atoms with E-state index in [4.69, 9.17) is 21.6 Å². The fourth-order valence-electron chi connectivity index (χ4n) is 2.59. The summed E-state index contributed by atoms with van der Waals surface area (Å²) >= 11 is 5.98. The van der Waals surface area contributed by atoms with Gasteiger partial charge in [-0.1, -0.05) is 54.6 Å². The van der Waals surface area contributed by atoms with Crippen LogP contribution in [0.15, 0.2) is 55.1 Å². The maximum Gasteiger partial charge on any atom is 0.0969 e. The van der Waals surface area contributed by atoms with E-state index in [1.54, 1.807) is 6.08 Å². The highest BCUT2D eigenvalue weighted by Gasteiger charge is 2.11. The molecule has 3 heteroatoms. The SMILES string of the molecule is C=C/C=C\c1c(C)ccc2nc(C)c(-c3ccc(Cl)cc3)nc12. The van der Waals surface area contributed by atoms with Gasteiger partial charge in [-0.3, -0.25) is 0 Å². The summed E-state index contributed by atoms with van der Waals surface area (Å²) in [5.74, 6) is 0. The van der Waals surface area contributed by atoms with Gasteiger partial charge in [0.2, 0.25) is 0 Å². The Labute approximate surface area is 141 Å². The van der Waals surface area contributed by atoms with Crippen LogP contribution in [0.3, 0.4) is 0 Å². The van der Waals surface area contributed by atoms with Crippen LogP contribution in [-0.4, -0.2) is 9.97 Å². The zero-order valence-corrected chi connectivity index (χ0v) is 13.9. The molecule has 2 aromatic carbocycles. The third-order valence-electron chi connectivity index (χ3n) is 3.78. The van der Waals surface area contributed by atoms with Gasteiger partial charge >= 0.3 is 0 Å². The van der Waals surface area contributed by atoms with Crippen molar-refractivity contribution < 1.29 is 0 Å². The van der Waals surface area contributed by atoms with Crippen molar-refractivity contribution in [1.29, 1.82) is 0 Å². The first kappa shape index (κ1) is 15.4. The molecular weight excluding hydrogens is 304 g/mol. The zero-order chi connectivity index (χ0) is 16.4. The van der Waals surface area contributed by atoms with Crippen LogP contribution in [0.1, 0.15) is 16.8 Å². The summed E-state index contributed by atoms with van der Waals surface area (Å²) in [6, 6.07) is 11.8. The van der Waals surface area contributed by atoms with Crippen LogP contribution < -0.4 is 0 Å². The number of benzene rings is 2. The molecule has 0 N–H and O–H groups in total. The summed E-state index contributed by atoms with van der Waals surface area (Å²) in [5.41, 5.74) is 6.84. The number of allylic oxidation sites excluding steroid dienone is 2. The fourth-order valence-corrected chi connectivity index (χ4v) is 2.71. The van der Waals surface area contributed by atoms with E-state index in [-0.39, 0.29) is 0 Å². The van der Waals surface area contributed by atoms with Gasteiger partial charge in [0.25, 0.3) is 0 Å². The Kier molecular flexibility index (Phi) is 4.26. The Hall–Kier alpha value is -2.45. The van der Waals surface area contributed by atoms with Crippen LogP contribution >= 0.6 is 11.6 Å². The van der Waals surface area contributed by atoms with Gasteiger partial charge in [-0.2, -0.15) is 0 Å². The van der Waals surface area contributed by atoms with E-state index in [1.807, 2.05) is 49.4 Å². The topological polar surface area (TPSA) is 25.8 Å². The molecule has 0 unspecified atom stereocenters. The van der Waals surface area contributed by atoms with E-state index in [0.29, 0.717) is 5.02 Å². The third kappa shape index (κ3) is 3.03. The number of nitrogens with zero attached hydrogens (tertiary/aromatic N) is 2. The molecule has 0 atom stereocenters. The van der Waals surface area contributed by atoms with Crippen molar-refractivity contribution in [3.05, 3.63) is 77.0 Å². The minimum absolute atomic E-state index is 0.714. The molecule has 3 aromatic rings. The number of aryl methyl sites for hydroxylation is 2. The van der Waals surface area contributed by atoms with Crippen LogP contribution in [-0.2, 0) is 0 Å². The fraction of sp³-hybridized carbons (Fsp3) is 0.100. The number of hydrogen-bond donors (Lipinski definition) is 0. The molecule has 0 aliphatic heterocycles. The van der Waals surface area contributed by atoms with E-state index in [2.05, 4.69) is 19.6 Å². The number of rotatable bonds is 3. The van der Waals surface area contributed by atoms with Crippen LogP contribution in [0.4, 0.5) is 0 Å². The van der Waals surface area contributed by atoms with Gasteiger partial charge in [0.05, 0.1) is 22.4 Å². The van der Waals surface area contributed by atoms with Gasteiger partial charge in [-0.05, 0) is 37.6 Å². The minimum atomic E-state index is 0.714. The molecule has 0 spiro atoms. The van der Waals surface area contributed by atoms with E-state index < -0.39 is 0 Å². The molecule has 1 heterocycles. The van der Waals surface area contributed by atoms with Crippen molar-refractivity contribution in [2.75, 3.05) is 0 Å². The second kappa shape index (κ2) is 6.35. The van der Waals surface area contributed by atoms with Crippen molar-refractivity contribution in [3.63, 3.8) is 0 Å². The predicted octanol–water partition coefficient (Wildman–Crippen LogP) is 5.77. The molecule has 0 bridgehead atoms. The average molecular weight is 321 g/mol. The molecule has 0 aliphatic carbocycles. The Morgan fingerprint density at radius 2 is 1.74 bits per heavy atom. The first-order chi connectivity index (χ1) is 11.1. The lowest BCUT2D eigenvalue weighted by molar-refractivity contribution is 1.18. The highest BCUT2D eigenvalue weighted by Crippen LogP contribution is 2.27. The summed E-state index contributed by atoms with van der Waals surface area (Å²) in [4.78, 5) is 9.63. The lowest BCUT2D eigenvalue weighted by atomic mass is 10.0. The highest BCUT2D eigenvalue weighted by molar-refractivity contribution is 6.30. The van der Waals surface area contributed by atoms with Crippen LogP contribution in [0.25, 0.3) is 28.4 Å². The number of aromatic nitrogens is 2. The summed E-state index contributed by atoms with van der Waals surface area (Å²) in [6.45, 7) is 7.79. The molecular formula is C20H17ClN2.